The summed E-state index contributed by atoms with van der Waals surface area (Å²) in [5, 5.41) is 3.47. The van der Waals surface area contributed by atoms with E-state index in [9.17, 15) is 0 Å². The highest BCUT2D eigenvalue weighted by atomic mass is 35.5. The summed E-state index contributed by atoms with van der Waals surface area (Å²) in [6, 6.07) is 24.3. The summed E-state index contributed by atoms with van der Waals surface area (Å²) in [4.78, 5) is 0. The molecular formula is C23H25Cl2NOSi. The minimum absolute atomic E-state index is 0.226. The van der Waals surface area contributed by atoms with E-state index in [4.69, 9.17) is 33.4 Å². The van der Waals surface area contributed by atoms with Crippen LogP contribution in [-0.2, 0) is 4.43 Å². The van der Waals surface area contributed by atoms with Crippen LogP contribution < -0.4 is 16.1 Å². The smallest absolute Gasteiger partial charge is 0.240 e. The fraction of sp³-hybridized carbons (Fsp3) is 0.217. The SMILES string of the molecule is CC(C)(C)C(O[SiH](c1ccccc1)c1ccccc1)c1c(Cl)ccc(N)c1Cl. The van der Waals surface area contributed by atoms with Crippen LogP contribution in [0.3, 0.4) is 0 Å². The van der Waals surface area contributed by atoms with Gasteiger partial charge in [0.1, 0.15) is 0 Å². The van der Waals surface area contributed by atoms with Crippen LogP contribution >= 0.6 is 23.2 Å². The maximum absolute atomic E-state index is 6.90. The van der Waals surface area contributed by atoms with Gasteiger partial charge in [0.2, 0.25) is 9.04 Å². The van der Waals surface area contributed by atoms with Crippen molar-refractivity contribution in [3.63, 3.8) is 0 Å². The van der Waals surface area contributed by atoms with Gasteiger partial charge in [0.05, 0.1) is 16.8 Å². The summed E-state index contributed by atoms with van der Waals surface area (Å²) < 4.78 is 6.90. The first-order chi connectivity index (χ1) is 13.3. The lowest BCUT2D eigenvalue weighted by Crippen LogP contribution is -2.47. The second kappa shape index (κ2) is 8.71. The lowest BCUT2D eigenvalue weighted by atomic mass is 9.84. The quantitative estimate of drug-likeness (QED) is 0.445. The maximum atomic E-state index is 6.90. The molecule has 2 N–H and O–H groups in total. The fourth-order valence-corrected chi connectivity index (χ4v) is 6.50. The third kappa shape index (κ3) is 4.61. The molecule has 0 radical (unpaired) electrons. The van der Waals surface area contributed by atoms with Crippen molar-refractivity contribution in [3.05, 3.63) is 88.4 Å². The Kier molecular flexibility index (Phi) is 6.51. The van der Waals surface area contributed by atoms with Crippen LogP contribution in [0.2, 0.25) is 10.0 Å². The Morgan fingerprint density at radius 2 is 1.32 bits per heavy atom. The maximum Gasteiger partial charge on any atom is 0.240 e. The number of anilines is 1. The summed E-state index contributed by atoms with van der Waals surface area (Å²) in [5.41, 5.74) is 7.14. The van der Waals surface area contributed by atoms with Crippen LogP contribution in [0.5, 0.6) is 0 Å². The van der Waals surface area contributed by atoms with E-state index in [0.717, 1.165) is 5.56 Å². The molecule has 0 saturated heterocycles. The van der Waals surface area contributed by atoms with Crippen molar-refractivity contribution >= 4 is 48.3 Å². The minimum Gasteiger partial charge on any atom is -0.403 e. The van der Waals surface area contributed by atoms with E-state index in [2.05, 4.69) is 45.0 Å². The molecule has 146 valence electrons. The van der Waals surface area contributed by atoms with Crippen molar-refractivity contribution in [1.29, 1.82) is 0 Å². The summed E-state index contributed by atoms with van der Waals surface area (Å²) in [6.45, 7) is 6.40. The molecule has 0 fully saturated rings. The van der Waals surface area contributed by atoms with Crippen molar-refractivity contribution in [2.24, 2.45) is 5.41 Å². The molecule has 0 saturated carbocycles. The average Bonchev–Trinajstić information content (AvgIpc) is 2.68. The highest BCUT2D eigenvalue weighted by molar-refractivity contribution is 6.80. The van der Waals surface area contributed by atoms with Crippen LogP contribution in [-0.4, -0.2) is 9.04 Å². The molecule has 3 aromatic carbocycles. The standard InChI is InChI=1S/C23H25Cl2NOSi/c1-23(2,3)22(20-18(24)14-15-19(26)21(20)25)27-28(16-10-6-4-7-11-16)17-12-8-5-9-13-17/h4-15,22,28H,26H2,1-3H3. The lowest BCUT2D eigenvalue weighted by molar-refractivity contribution is 0.0899. The number of nitrogens with two attached hydrogens (primary N) is 1. The van der Waals surface area contributed by atoms with Crippen molar-refractivity contribution in [1.82, 2.24) is 0 Å². The molecule has 0 amide bonds. The minimum atomic E-state index is -1.99. The molecule has 0 spiro atoms. The summed E-state index contributed by atoms with van der Waals surface area (Å²) in [7, 11) is -1.99. The van der Waals surface area contributed by atoms with Gasteiger partial charge < -0.3 is 10.2 Å². The Bertz CT molecular complexity index is 887. The number of rotatable bonds is 5. The van der Waals surface area contributed by atoms with Crippen molar-refractivity contribution in [3.8, 4) is 0 Å². The van der Waals surface area contributed by atoms with E-state index < -0.39 is 9.04 Å². The molecule has 1 atom stereocenters. The molecular weight excluding hydrogens is 405 g/mol. The van der Waals surface area contributed by atoms with Gasteiger partial charge in [-0.1, -0.05) is 105 Å². The first-order valence-corrected chi connectivity index (χ1v) is 11.7. The van der Waals surface area contributed by atoms with E-state index in [-0.39, 0.29) is 11.5 Å². The predicted octanol–water partition coefficient (Wildman–Crippen LogP) is 5.22. The Labute approximate surface area is 179 Å². The average molecular weight is 430 g/mol. The normalized spacial score (nSPS) is 12.9. The second-order valence-corrected chi connectivity index (χ2v) is 11.1. The van der Waals surface area contributed by atoms with Gasteiger partial charge in [-0.25, -0.2) is 0 Å². The molecule has 3 rings (SSSR count). The summed E-state index contributed by atoms with van der Waals surface area (Å²) in [6.07, 6.45) is -0.298. The zero-order valence-corrected chi connectivity index (χ0v) is 19.0. The number of hydrogen-bond donors (Lipinski definition) is 1. The Morgan fingerprint density at radius 3 is 1.79 bits per heavy atom. The lowest BCUT2D eigenvalue weighted by Gasteiger charge is -2.36. The van der Waals surface area contributed by atoms with Gasteiger partial charge in [-0.2, -0.15) is 0 Å². The third-order valence-corrected chi connectivity index (χ3v) is 7.96. The second-order valence-electron chi connectivity index (χ2n) is 7.95. The molecule has 1 unspecified atom stereocenters. The number of hydrogen-bond acceptors (Lipinski definition) is 2. The Morgan fingerprint density at radius 1 is 0.821 bits per heavy atom. The molecule has 0 aliphatic carbocycles. The topological polar surface area (TPSA) is 35.2 Å². The van der Waals surface area contributed by atoms with E-state index in [0.29, 0.717) is 15.7 Å². The number of halogens is 2. The first-order valence-electron chi connectivity index (χ1n) is 9.27. The molecule has 0 aromatic heterocycles. The van der Waals surface area contributed by atoms with Crippen molar-refractivity contribution < 1.29 is 4.43 Å². The third-order valence-electron chi connectivity index (χ3n) is 4.68. The molecule has 5 heteroatoms. The van der Waals surface area contributed by atoms with E-state index in [1.807, 2.05) is 36.4 Å². The molecule has 0 heterocycles. The van der Waals surface area contributed by atoms with E-state index in [1.165, 1.54) is 10.4 Å². The Balaban J connectivity index is 2.12. The largest absolute Gasteiger partial charge is 0.403 e. The zero-order chi connectivity index (χ0) is 20.3. The van der Waals surface area contributed by atoms with Gasteiger partial charge in [0.25, 0.3) is 0 Å². The van der Waals surface area contributed by atoms with Gasteiger partial charge in [-0.15, -0.1) is 0 Å². The molecule has 28 heavy (non-hydrogen) atoms. The van der Waals surface area contributed by atoms with Gasteiger partial charge in [-0.05, 0) is 27.9 Å². The van der Waals surface area contributed by atoms with Crippen LogP contribution in [0.15, 0.2) is 72.8 Å². The molecule has 0 aliphatic rings. The van der Waals surface area contributed by atoms with Crippen LogP contribution in [0.25, 0.3) is 0 Å². The van der Waals surface area contributed by atoms with Gasteiger partial charge in [-0.3, -0.25) is 0 Å². The Hall–Kier alpha value is -1.78. The van der Waals surface area contributed by atoms with Crippen LogP contribution in [0.4, 0.5) is 5.69 Å². The summed E-state index contributed by atoms with van der Waals surface area (Å²) >= 11 is 13.2. The van der Waals surface area contributed by atoms with Crippen molar-refractivity contribution in [2.75, 3.05) is 5.73 Å². The number of benzene rings is 3. The highest BCUT2D eigenvalue weighted by Gasteiger charge is 2.35. The summed E-state index contributed by atoms with van der Waals surface area (Å²) in [5.74, 6) is 0. The zero-order valence-electron chi connectivity index (χ0n) is 16.3. The molecule has 3 aromatic rings. The molecule has 2 nitrogen and oxygen atoms in total. The van der Waals surface area contributed by atoms with Gasteiger partial charge >= 0.3 is 0 Å². The molecule has 0 aliphatic heterocycles. The number of nitrogen functional groups attached to an aromatic ring is 1. The fourth-order valence-electron chi connectivity index (χ4n) is 3.27. The van der Waals surface area contributed by atoms with Gasteiger partial charge in [0, 0.05) is 10.6 Å². The van der Waals surface area contributed by atoms with E-state index in [1.54, 1.807) is 12.1 Å². The van der Waals surface area contributed by atoms with Crippen LogP contribution in [0, 0.1) is 5.41 Å². The monoisotopic (exact) mass is 429 g/mol. The van der Waals surface area contributed by atoms with Crippen molar-refractivity contribution in [2.45, 2.75) is 26.9 Å². The highest BCUT2D eigenvalue weighted by Crippen LogP contribution is 2.44. The first kappa shape index (κ1) is 20.9. The van der Waals surface area contributed by atoms with Crippen LogP contribution in [0.1, 0.15) is 32.4 Å². The van der Waals surface area contributed by atoms with E-state index >= 15 is 0 Å². The van der Waals surface area contributed by atoms with Gasteiger partial charge in [0.15, 0.2) is 0 Å². The molecule has 0 bridgehead atoms. The predicted molar refractivity (Wildman–Crippen MR) is 123 cm³/mol.